The molecule has 0 spiro atoms. The highest BCUT2D eigenvalue weighted by Crippen LogP contribution is 2.30. The smallest absolute Gasteiger partial charge is 0.324 e. The Morgan fingerprint density at radius 3 is 2.38 bits per heavy atom. The van der Waals surface area contributed by atoms with Gasteiger partial charge < -0.3 is 14.7 Å². The van der Waals surface area contributed by atoms with Crippen LogP contribution in [0.1, 0.15) is 26.2 Å². The second-order valence-corrected chi connectivity index (χ2v) is 4.31. The lowest BCUT2D eigenvalue weighted by molar-refractivity contribution is -0.190. The summed E-state index contributed by atoms with van der Waals surface area (Å²) >= 11 is 0. The van der Waals surface area contributed by atoms with Crippen molar-refractivity contribution in [1.29, 1.82) is 0 Å². The van der Waals surface area contributed by atoms with Gasteiger partial charge in [-0.1, -0.05) is 19.8 Å². The van der Waals surface area contributed by atoms with E-state index in [1.165, 1.54) is 4.90 Å². The van der Waals surface area contributed by atoms with Gasteiger partial charge in [-0.25, -0.2) is 0 Å². The molecule has 1 fully saturated rings. The van der Waals surface area contributed by atoms with Gasteiger partial charge in [-0.05, 0) is 6.42 Å². The van der Waals surface area contributed by atoms with E-state index in [1.807, 2.05) is 0 Å². The summed E-state index contributed by atoms with van der Waals surface area (Å²) in [6.07, 6.45) is 3.04. The Morgan fingerprint density at radius 2 is 2.00 bits per heavy atom. The third kappa shape index (κ3) is 2.35. The number of carboxylic acid groups (broad SMARTS) is 1. The molecule has 1 saturated heterocycles. The van der Waals surface area contributed by atoms with E-state index in [-0.39, 0.29) is 19.1 Å². The minimum absolute atomic E-state index is 0.000710. The summed E-state index contributed by atoms with van der Waals surface area (Å²) < 4.78 is 4.87. The van der Waals surface area contributed by atoms with Crippen LogP contribution in [-0.2, 0) is 14.3 Å². The first kappa shape index (κ1) is 13.0. The van der Waals surface area contributed by atoms with Crippen molar-refractivity contribution in [3.63, 3.8) is 0 Å². The van der Waals surface area contributed by atoms with Crippen molar-refractivity contribution in [2.24, 2.45) is 5.41 Å². The monoisotopic (exact) mass is 229 g/mol. The van der Waals surface area contributed by atoms with Crippen LogP contribution in [0.25, 0.3) is 0 Å². The summed E-state index contributed by atoms with van der Waals surface area (Å²) in [5, 5.41) is 9.05. The minimum Gasteiger partial charge on any atom is -0.480 e. The van der Waals surface area contributed by atoms with Gasteiger partial charge in [0.25, 0.3) is 0 Å². The molecular weight excluding hydrogens is 210 g/mol. The zero-order valence-corrected chi connectivity index (χ0v) is 9.86. The van der Waals surface area contributed by atoms with E-state index in [9.17, 15) is 9.59 Å². The maximum atomic E-state index is 11.9. The molecule has 16 heavy (non-hydrogen) atoms. The number of unbranched alkanes of at least 4 members (excludes halogenated alkanes) is 2. The summed E-state index contributed by atoms with van der Waals surface area (Å²) in [7, 11) is 1.65. The Labute approximate surface area is 95.4 Å². The number of nitrogens with zero attached hydrogens (tertiary/aromatic N) is 1. The molecule has 1 rings (SSSR count). The molecule has 1 amide bonds. The number of amides is 1. The van der Waals surface area contributed by atoms with Crippen LogP contribution < -0.4 is 0 Å². The Kier molecular flexibility index (Phi) is 4.29. The maximum absolute atomic E-state index is 11.9. The van der Waals surface area contributed by atoms with Crippen LogP contribution in [0.5, 0.6) is 0 Å². The van der Waals surface area contributed by atoms with E-state index in [0.29, 0.717) is 6.54 Å². The normalized spacial score (nSPS) is 17.6. The number of ether oxygens (including phenoxy) is 1. The van der Waals surface area contributed by atoms with Crippen LogP contribution in [0.3, 0.4) is 0 Å². The van der Waals surface area contributed by atoms with E-state index < -0.39 is 11.4 Å². The van der Waals surface area contributed by atoms with Gasteiger partial charge in [0.1, 0.15) is 0 Å². The molecule has 0 radical (unpaired) electrons. The van der Waals surface area contributed by atoms with Crippen molar-refractivity contribution < 1.29 is 19.4 Å². The zero-order valence-electron chi connectivity index (χ0n) is 9.86. The van der Waals surface area contributed by atoms with Crippen molar-refractivity contribution in [3.05, 3.63) is 0 Å². The lowest BCUT2D eigenvalue weighted by Gasteiger charge is -2.38. The molecule has 0 aromatic heterocycles. The SMILES string of the molecule is CCCCCN(C)C(=O)C1(C(=O)O)COC1. The first-order chi connectivity index (χ1) is 7.54. The van der Waals surface area contributed by atoms with Gasteiger partial charge in [-0.3, -0.25) is 9.59 Å². The van der Waals surface area contributed by atoms with Crippen molar-refractivity contribution >= 4 is 11.9 Å². The molecule has 92 valence electrons. The van der Waals surface area contributed by atoms with Crippen molar-refractivity contribution in [2.45, 2.75) is 26.2 Å². The summed E-state index contributed by atoms with van der Waals surface area (Å²) in [6, 6.07) is 0. The van der Waals surface area contributed by atoms with Crippen LogP contribution in [-0.4, -0.2) is 48.7 Å². The first-order valence-corrected chi connectivity index (χ1v) is 5.61. The van der Waals surface area contributed by atoms with Crippen molar-refractivity contribution in [2.75, 3.05) is 26.8 Å². The molecule has 5 heteroatoms. The number of rotatable bonds is 6. The molecule has 1 aliphatic rings. The Morgan fingerprint density at radius 1 is 1.38 bits per heavy atom. The van der Waals surface area contributed by atoms with Crippen molar-refractivity contribution in [3.8, 4) is 0 Å². The second kappa shape index (κ2) is 5.30. The predicted octanol–water partition coefficient (Wildman–Crippen LogP) is 0.736. The van der Waals surface area contributed by atoms with E-state index >= 15 is 0 Å². The van der Waals surface area contributed by atoms with Gasteiger partial charge in [0, 0.05) is 13.6 Å². The topological polar surface area (TPSA) is 66.8 Å². The largest absolute Gasteiger partial charge is 0.480 e. The van der Waals surface area contributed by atoms with E-state index in [1.54, 1.807) is 7.05 Å². The fourth-order valence-electron chi connectivity index (χ4n) is 1.71. The van der Waals surface area contributed by atoms with Gasteiger partial charge >= 0.3 is 5.97 Å². The number of carboxylic acids is 1. The predicted molar refractivity (Wildman–Crippen MR) is 58.0 cm³/mol. The van der Waals surface area contributed by atoms with E-state index in [2.05, 4.69) is 6.92 Å². The minimum atomic E-state index is -1.32. The molecule has 5 nitrogen and oxygen atoms in total. The highest BCUT2D eigenvalue weighted by atomic mass is 16.5. The molecule has 0 unspecified atom stereocenters. The lowest BCUT2D eigenvalue weighted by Crippen LogP contribution is -2.59. The Hall–Kier alpha value is -1.10. The van der Waals surface area contributed by atoms with Gasteiger partial charge in [-0.15, -0.1) is 0 Å². The van der Waals surface area contributed by atoms with Crippen LogP contribution in [0.2, 0.25) is 0 Å². The van der Waals surface area contributed by atoms with Crippen LogP contribution in [0.4, 0.5) is 0 Å². The van der Waals surface area contributed by atoms with Gasteiger partial charge in [0.05, 0.1) is 13.2 Å². The zero-order chi connectivity index (χ0) is 12.2. The van der Waals surface area contributed by atoms with Gasteiger partial charge in [0.15, 0.2) is 5.41 Å². The Balaban J connectivity index is 2.52. The quantitative estimate of drug-likeness (QED) is 0.538. The number of aliphatic carboxylic acids is 1. The van der Waals surface area contributed by atoms with E-state index in [4.69, 9.17) is 9.84 Å². The van der Waals surface area contributed by atoms with Gasteiger partial charge in [0.2, 0.25) is 5.91 Å². The maximum Gasteiger partial charge on any atom is 0.324 e. The number of hydrogen-bond acceptors (Lipinski definition) is 3. The fourth-order valence-corrected chi connectivity index (χ4v) is 1.71. The van der Waals surface area contributed by atoms with Gasteiger partial charge in [-0.2, -0.15) is 0 Å². The summed E-state index contributed by atoms with van der Waals surface area (Å²) in [5.41, 5.74) is -1.32. The second-order valence-electron chi connectivity index (χ2n) is 4.31. The van der Waals surface area contributed by atoms with Crippen LogP contribution in [0, 0.1) is 5.41 Å². The molecule has 0 atom stereocenters. The number of hydrogen-bond donors (Lipinski definition) is 1. The Bertz CT molecular complexity index is 273. The van der Waals surface area contributed by atoms with Crippen LogP contribution >= 0.6 is 0 Å². The van der Waals surface area contributed by atoms with Crippen LogP contribution in [0.15, 0.2) is 0 Å². The molecule has 1 N–H and O–H groups in total. The average Bonchev–Trinajstić information content (AvgIpc) is 2.15. The standard InChI is InChI=1S/C11H19NO4/c1-3-4-5-6-12(2)9(13)11(10(14)15)7-16-8-11/h3-8H2,1-2H3,(H,14,15). The summed E-state index contributed by atoms with van der Waals surface area (Å²) in [6.45, 7) is 2.70. The number of carbonyl (C=O) groups is 2. The highest BCUT2D eigenvalue weighted by molar-refractivity contribution is 6.03. The highest BCUT2D eigenvalue weighted by Gasteiger charge is 2.54. The van der Waals surface area contributed by atoms with Crippen molar-refractivity contribution in [1.82, 2.24) is 4.90 Å². The molecule has 0 bridgehead atoms. The first-order valence-electron chi connectivity index (χ1n) is 5.61. The average molecular weight is 229 g/mol. The molecule has 0 saturated carbocycles. The summed E-state index contributed by atoms with van der Waals surface area (Å²) in [5.74, 6) is -1.41. The fraction of sp³-hybridized carbons (Fsp3) is 0.818. The summed E-state index contributed by atoms with van der Waals surface area (Å²) in [4.78, 5) is 24.5. The lowest BCUT2D eigenvalue weighted by atomic mass is 9.84. The number of carbonyl (C=O) groups excluding carboxylic acids is 1. The third-order valence-electron chi connectivity index (χ3n) is 2.96. The third-order valence-corrected chi connectivity index (χ3v) is 2.96. The molecule has 0 aromatic carbocycles. The molecule has 1 aliphatic heterocycles. The molecular formula is C11H19NO4. The molecule has 0 aromatic rings. The van der Waals surface area contributed by atoms with E-state index in [0.717, 1.165) is 19.3 Å². The molecule has 0 aliphatic carbocycles. The molecule has 1 heterocycles.